The van der Waals surface area contributed by atoms with E-state index in [4.69, 9.17) is 9.47 Å². The summed E-state index contributed by atoms with van der Waals surface area (Å²) in [6.07, 6.45) is -0.155. The van der Waals surface area contributed by atoms with Crippen LogP contribution >= 0.6 is 0 Å². The van der Waals surface area contributed by atoms with Gasteiger partial charge in [-0.2, -0.15) is 0 Å². The van der Waals surface area contributed by atoms with Crippen molar-refractivity contribution in [2.45, 2.75) is 32.9 Å². The summed E-state index contributed by atoms with van der Waals surface area (Å²) >= 11 is 0. The molecular formula is C18H26N2O4. The van der Waals surface area contributed by atoms with Crippen molar-refractivity contribution in [3.05, 3.63) is 35.9 Å². The molecule has 1 aromatic rings. The number of ether oxygens (including phenoxy) is 2. The lowest BCUT2D eigenvalue weighted by molar-refractivity contribution is -0.151. The van der Waals surface area contributed by atoms with Crippen LogP contribution in [-0.4, -0.2) is 49.3 Å². The molecule has 0 saturated carbocycles. The summed E-state index contributed by atoms with van der Waals surface area (Å²) in [5.41, 5.74) is 1.04. The highest BCUT2D eigenvalue weighted by atomic mass is 16.5. The Labute approximate surface area is 143 Å². The SMILES string of the molecule is CC(C)OC(=O)[C@@H](C)CNC(=O)N1CCOC[C@H]1c1ccccc1. The standard InChI is InChI=1S/C18H26N2O4/c1-13(2)24-17(21)14(3)11-19-18(22)20-9-10-23-12-16(20)15-7-5-4-6-8-15/h4-8,13-14,16H,9-12H2,1-3H3,(H,19,22)/t14-,16-/m0/s1. The van der Waals surface area contributed by atoms with Crippen LogP contribution in [0.1, 0.15) is 32.4 Å². The molecule has 24 heavy (non-hydrogen) atoms. The van der Waals surface area contributed by atoms with Crippen molar-refractivity contribution in [3.8, 4) is 0 Å². The maximum absolute atomic E-state index is 12.5. The predicted molar refractivity (Wildman–Crippen MR) is 90.5 cm³/mol. The molecule has 1 aliphatic heterocycles. The number of benzene rings is 1. The van der Waals surface area contributed by atoms with Crippen LogP contribution in [0.4, 0.5) is 4.79 Å². The van der Waals surface area contributed by atoms with E-state index in [-0.39, 0.29) is 36.6 Å². The molecule has 0 aromatic heterocycles. The second kappa shape index (κ2) is 8.68. The number of morpholine rings is 1. The Morgan fingerprint density at radius 1 is 1.29 bits per heavy atom. The van der Waals surface area contributed by atoms with Gasteiger partial charge in [-0.05, 0) is 19.4 Å². The molecule has 1 heterocycles. The van der Waals surface area contributed by atoms with Crippen molar-refractivity contribution in [3.63, 3.8) is 0 Å². The van der Waals surface area contributed by atoms with Crippen molar-refractivity contribution in [1.82, 2.24) is 10.2 Å². The van der Waals surface area contributed by atoms with E-state index >= 15 is 0 Å². The maximum Gasteiger partial charge on any atom is 0.318 e. The predicted octanol–water partition coefficient (Wildman–Crippen LogP) is 2.36. The largest absolute Gasteiger partial charge is 0.463 e. The van der Waals surface area contributed by atoms with Gasteiger partial charge in [0.05, 0.1) is 31.3 Å². The highest BCUT2D eigenvalue weighted by Gasteiger charge is 2.29. The molecule has 1 aromatic carbocycles. The van der Waals surface area contributed by atoms with E-state index in [1.807, 2.05) is 30.3 Å². The first-order valence-corrected chi connectivity index (χ1v) is 8.36. The molecule has 6 nitrogen and oxygen atoms in total. The molecular weight excluding hydrogens is 308 g/mol. The number of carbonyl (C=O) groups is 2. The van der Waals surface area contributed by atoms with Crippen LogP contribution in [0.25, 0.3) is 0 Å². The molecule has 2 amide bonds. The minimum Gasteiger partial charge on any atom is -0.463 e. The van der Waals surface area contributed by atoms with Gasteiger partial charge in [-0.3, -0.25) is 4.79 Å². The number of hydrogen-bond donors (Lipinski definition) is 1. The smallest absolute Gasteiger partial charge is 0.318 e. The van der Waals surface area contributed by atoms with E-state index in [2.05, 4.69) is 5.32 Å². The first kappa shape index (κ1) is 18.3. The average Bonchev–Trinajstić information content (AvgIpc) is 2.59. The molecule has 2 rings (SSSR count). The molecule has 0 spiro atoms. The zero-order valence-electron chi connectivity index (χ0n) is 14.5. The van der Waals surface area contributed by atoms with E-state index in [1.54, 1.807) is 25.7 Å². The van der Waals surface area contributed by atoms with E-state index in [1.165, 1.54) is 0 Å². The van der Waals surface area contributed by atoms with Crippen LogP contribution in [0.3, 0.4) is 0 Å². The highest BCUT2D eigenvalue weighted by molar-refractivity contribution is 5.77. The molecule has 1 aliphatic rings. The lowest BCUT2D eigenvalue weighted by atomic mass is 10.1. The third-order valence-corrected chi connectivity index (χ3v) is 3.89. The topological polar surface area (TPSA) is 67.9 Å². The Bertz CT molecular complexity index is 547. The molecule has 2 atom stereocenters. The minimum absolute atomic E-state index is 0.113. The second-order valence-electron chi connectivity index (χ2n) is 6.27. The van der Waals surface area contributed by atoms with Gasteiger partial charge >= 0.3 is 12.0 Å². The van der Waals surface area contributed by atoms with Gasteiger partial charge in [0.25, 0.3) is 0 Å². The van der Waals surface area contributed by atoms with Crippen molar-refractivity contribution < 1.29 is 19.1 Å². The van der Waals surface area contributed by atoms with E-state index < -0.39 is 0 Å². The lowest BCUT2D eigenvalue weighted by Crippen LogP contribution is -2.49. The zero-order chi connectivity index (χ0) is 17.5. The number of esters is 1. The number of rotatable bonds is 5. The van der Waals surface area contributed by atoms with Gasteiger partial charge in [0.2, 0.25) is 0 Å². The summed E-state index contributed by atoms with van der Waals surface area (Å²) in [7, 11) is 0. The van der Waals surface area contributed by atoms with Crippen LogP contribution in [-0.2, 0) is 14.3 Å². The Balaban J connectivity index is 1.93. The molecule has 1 fully saturated rings. The summed E-state index contributed by atoms with van der Waals surface area (Å²) in [5, 5.41) is 2.84. The highest BCUT2D eigenvalue weighted by Crippen LogP contribution is 2.23. The number of hydrogen-bond acceptors (Lipinski definition) is 4. The summed E-state index contributed by atoms with van der Waals surface area (Å²) in [6, 6.07) is 9.52. The van der Waals surface area contributed by atoms with Crippen molar-refractivity contribution in [2.24, 2.45) is 5.92 Å². The van der Waals surface area contributed by atoms with Crippen molar-refractivity contribution in [1.29, 1.82) is 0 Å². The lowest BCUT2D eigenvalue weighted by Gasteiger charge is -2.36. The summed E-state index contributed by atoms with van der Waals surface area (Å²) in [6.45, 7) is 7.13. The van der Waals surface area contributed by atoms with Gasteiger partial charge in [0.15, 0.2) is 0 Å². The van der Waals surface area contributed by atoms with Gasteiger partial charge in [0.1, 0.15) is 0 Å². The number of nitrogens with one attached hydrogen (secondary N) is 1. The second-order valence-corrected chi connectivity index (χ2v) is 6.27. The maximum atomic E-state index is 12.5. The quantitative estimate of drug-likeness (QED) is 0.840. The molecule has 132 valence electrons. The van der Waals surface area contributed by atoms with Crippen LogP contribution in [0.2, 0.25) is 0 Å². The van der Waals surface area contributed by atoms with Crippen LogP contribution < -0.4 is 5.32 Å². The van der Waals surface area contributed by atoms with Gasteiger partial charge in [0, 0.05) is 13.1 Å². The molecule has 0 bridgehead atoms. The Morgan fingerprint density at radius 2 is 2.00 bits per heavy atom. The monoisotopic (exact) mass is 334 g/mol. The first-order valence-electron chi connectivity index (χ1n) is 8.36. The number of nitrogens with zero attached hydrogens (tertiary/aromatic N) is 1. The molecule has 1 saturated heterocycles. The fraction of sp³-hybridized carbons (Fsp3) is 0.556. The van der Waals surface area contributed by atoms with Gasteiger partial charge in [-0.15, -0.1) is 0 Å². The Morgan fingerprint density at radius 3 is 2.67 bits per heavy atom. The van der Waals surface area contributed by atoms with E-state index in [9.17, 15) is 9.59 Å². The third-order valence-electron chi connectivity index (χ3n) is 3.89. The fourth-order valence-corrected chi connectivity index (χ4v) is 2.57. The Kier molecular flexibility index (Phi) is 6.61. The van der Waals surface area contributed by atoms with Crippen LogP contribution in [0, 0.1) is 5.92 Å². The molecule has 6 heteroatoms. The summed E-state index contributed by atoms with van der Waals surface area (Å²) in [5.74, 6) is -0.681. The summed E-state index contributed by atoms with van der Waals surface area (Å²) < 4.78 is 10.7. The molecule has 1 N–H and O–H groups in total. The number of amides is 2. The zero-order valence-corrected chi connectivity index (χ0v) is 14.5. The van der Waals surface area contributed by atoms with Gasteiger partial charge < -0.3 is 19.7 Å². The number of carbonyl (C=O) groups excluding carboxylic acids is 2. The fourth-order valence-electron chi connectivity index (χ4n) is 2.57. The third kappa shape index (κ3) is 4.96. The van der Waals surface area contributed by atoms with Gasteiger partial charge in [-0.1, -0.05) is 37.3 Å². The number of urea groups is 1. The van der Waals surface area contributed by atoms with E-state index in [0.29, 0.717) is 19.8 Å². The van der Waals surface area contributed by atoms with Crippen molar-refractivity contribution >= 4 is 12.0 Å². The van der Waals surface area contributed by atoms with Gasteiger partial charge in [-0.25, -0.2) is 4.79 Å². The van der Waals surface area contributed by atoms with E-state index in [0.717, 1.165) is 5.56 Å². The normalized spacial score (nSPS) is 19.0. The average molecular weight is 334 g/mol. The molecule has 0 radical (unpaired) electrons. The first-order chi connectivity index (χ1) is 11.5. The minimum atomic E-state index is -0.382. The summed E-state index contributed by atoms with van der Waals surface area (Å²) in [4.78, 5) is 26.1. The van der Waals surface area contributed by atoms with Crippen molar-refractivity contribution in [2.75, 3.05) is 26.3 Å². The molecule has 0 aliphatic carbocycles. The molecule has 0 unspecified atom stereocenters. The van der Waals surface area contributed by atoms with Crippen LogP contribution in [0.5, 0.6) is 0 Å². The Hall–Kier alpha value is -2.08. The van der Waals surface area contributed by atoms with Crippen LogP contribution in [0.15, 0.2) is 30.3 Å².